The van der Waals surface area contributed by atoms with Gasteiger partial charge in [0.05, 0.1) is 18.6 Å². The molecule has 9 heteroatoms. The van der Waals surface area contributed by atoms with Crippen LogP contribution in [-0.4, -0.2) is 44.9 Å². The number of anilines is 1. The van der Waals surface area contributed by atoms with E-state index in [2.05, 4.69) is 5.32 Å². The highest BCUT2D eigenvalue weighted by molar-refractivity contribution is 7.89. The average Bonchev–Trinajstić information content (AvgIpc) is 2.70. The van der Waals surface area contributed by atoms with Crippen LogP contribution >= 0.6 is 0 Å². The lowest BCUT2D eigenvalue weighted by atomic mass is 9.83. The molecule has 0 aliphatic carbocycles. The van der Waals surface area contributed by atoms with Crippen molar-refractivity contribution in [2.75, 3.05) is 31.6 Å². The van der Waals surface area contributed by atoms with E-state index in [1.807, 2.05) is 0 Å². The van der Waals surface area contributed by atoms with E-state index in [-0.39, 0.29) is 32.0 Å². The molecule has 2 aromatic carbocycles. The second kappa shape index (κ2) is 8.17. The minimum absolute atomic E-state index is 0.135. The Labute approximate surface area is 168 Å². The number of amides is 1. The molecule has 0 saturated carbocycles. The van der Waals surface area contributed by atoms with Crippen molar-refractivity contribution in [3.8, 4) is 0 Å². The molecule has 29 heavy (non-hydrogen) atoms. The number of carbonyl (C=O) groups is 1. The van der Waals surface area contributed by atoms with Crippen LogP contribution in [0.15, 0.2) is 47.4 Å². The van der Waals surface area contributed by atoms with E-state index in [9.17, 15) is 22.0 Å². The summed E-state index contributed by atoms with van der Waals surface area (Å²) in [6.07, 6.45) is 0. The summed E-state index contributed by atoms with van der Waals surface area (Å²) >= 11 is 0. The fourth-order valence-corrected chi connectivity index (χ4v) is 4.49. The van der Waals surface area contributed by atoms with E-state index in [4.69, 9.17) is 4.74 Å². The molecule has 3 rings (SSSR count). The number of morpholine rings is 1. The summed E-state index contributed by atoms with van der Waals surface area (Å²) < 4.78 is 59.3. The fourth-order valence-electron chi connectivity index (χ4n) is 2.99. The lowest BCUT2D eigenvalue weighted by Crippen LogP contribution is -2.41. The number of nitrogens with one attached hydrogen (secondary N) is 1. The zero-order valence-corrected chi connectivity index (χ0v) is 16.9. The summed E-state index contributed by atoms with van der Waals surface area (Å²) in [6, 6.07) is 8.95. The van der Waals surface area contributed by atoms with Crippen molar-refractivity contribution < 1.29 is 26.7 Å². The zero-order chi connectivity index (χ0) is 21.2. The van der Waals surface area contributed by atoms with Gasteiger partial charge in [0.1, 0.15) is 16.5 Å². The smallest absolute Gasteiger partial charge is 0.246 e. The Kier molecular flexibility index (Phi) is 6.02. The molecule has 1 heterocycles. The maximum atomic E-state index is 14.3. The molecule has 1 fully saturated rings. The van der Waals surface area contributed by atoms with Gasteiger partial charge in [-0.25, -0.2) is 17.2 Å². The standard InChI is InChI=1S/C20H22F2N2O4S/c1-20(2,14-3-5-15(21)6-4-14)19(25)23-16-7-8-17(22)18(13-16)29(26,27)24-9-11-28-12-10-24/h3-8,13H,9-12H2,1-2H3,(H,23,25). The summed E-state index contributed by atoms with van der Waals surface area (Å²) in [5, 5.41) is 2.63. The molecule has 2 aromatic rings. The molecule has 0 aromatic heterocycles. The van der Waals surface area contributed by atoms with E-state index in [0.29, 0.717) is 5.56 Å². The summed E-state index contributed by atoms with van der Waals surface area (Å²) in [6.45, 7) is 4.06. The predicted octanol–water partition coefficient (Wildman–Crippen LogP) is 2.90. The number of ether oxygens (including phenoxy) is 1. The van der Waals surface area contributed by atoms with Gasteiger partial charge >= 0.3 is 0 Å². The fraction of sp³-hybridized carbons (Fsp3) is 0.350. The number of carbonyl (C=O) groups excluding carboxylic acids is 1. The van der Waals surface area contributed by atoms with Gasteiger partial charge in [0.25, 0.3) is 0 Å². The Balaban J connectivity index is 1.86. The van der Waals surface area contributed by atoms with Crippen molar-refractivity contribution in [3.05, 3.63) is 59.7 Å². The molecule has 0 radical (unpaired) electrons. The zero-order valence-electron chi connectivity index (χ0n) is 16.1. The first kappa shape index (κ1) is 21.4. The molecule has 6 nitrogen and oxygen atoms in total. The van der Waals surface area contributed by atoms with Crippen molar-refractivity contribution >= 4 is 21.6 Å². The van der Waals surface area contributed by atoms with E-state index >= 15 is 0 Å². The third kappa shape index (κ3) is 4.47. The summed E-state index contributed by atoms with van der Waals surface area (Å²) in [5.74, 6) is -1.75. The third-order valence-electron chi connectivity index (χ3n) is 4.91. The monoisotopic (exact) mass is 424 g/mol. The van der Waals surface area contributed by atoms with E-state index in [0.717, 1.165) is 16.4 Å². The highest BCUT2D eigenvalue weighted by atomic mass is 32.2. The normalized spacial score (nSPS) is 15.9. The van der Waals surface area contributed by atoms with Crippen LogP contribution in [0.3, 0.4) is 0 Å². The van der Waals surface area contributed by atoms with E-state index in [1.54, 1.807) is 13.8 Å². The number of benzene rings is 2. The molecular weight excluding hydrogens is 402 g/mol. The van der Waals surface area contributed by atoms with Crippen LogP contribution in [0.4, 0.5) is 14.5 Å². The molecule has 0 unspecified atom stereocenters. The predicted molar refractivity (Wildman–Crippen MR) is 104 cm³/mol. The minimum Gasteiger partial charge on any atom is -0.379 e. The van der Waals surface area contributed by atoms with Gasteiger partial charge < -0.3 is 10.1 Å². The molecule has 1 amide bonds. The van der Waals surface area contributed by atoms with Gasteiger partial charge in [-0.1, -0.05) is 12.1 Å². The topological polar surface area (TPSA) is 75.7 Å². The maximum Gasteiger partial charge on any atom is 0.246 e. The van der Waals surface area contributed by atoms with Crippen LogP contribution in [0.25, 0.3) is 0 Å². The average molecular weight is 424 g/mol. The third-order valence-corrected chi connectivity index (χ3v) is 6.82. The number of rotatable bonds is 5. The lowest BCUT2D eigenvalue weighted by Gasteiger charge is -2.27. The first-order valence-corrected chi connectivity index (χ1v) is 10.5. The Morgan fingerprint density at radius 2 is 1.69 bits per heavy atom. The Hall–Kier alpha value is -2.36. The van der Waals surface area contributed by atoms with Crippen molar-refractivity contribution in [2.45, 2.75) is 24.2 Å². The highest BCUT2D eigenvalue weighted by Gasteiger charge is 2.32. The lowest BCUT2D eigenvalue weighted by molar-refractivity contribution is -0.120. The summed E-state index contributed by atoms with van der Waals surface area (Å²) in [7, 11) is -4.06. The van der Waals surface area contributed by atoms with Crippen LogP contribution < -0.4 is 5.32 Å². The van der Waals surface area contributed by atoms with Crippen LogP contribution in [0, 0.1) is 11.6 Å². The molecular formula is C20H22F2N2O4S. The van der Waals surface area contributed by atoms with Gasteiger partial charge in [-0.3, -0.25) is 4.79 Å². The van der Waals surface area contributed by atoms with E-state index < -0.39 is 37.9 Å². The van der Waals surface area contributed by atoms with Crippen LogP contribution in [0.5, 0.6) is 0 Å². The summed E-state index contributed by atoms with van der Waals surface area (Å²) in [5.41, 5.74) is -0.288. The Morgan fingerprint density at radius 1 is 1.07 bits per heavy atom. The molecule has 0 spiro atoms. The number of sulfonamides is 1. The molecule has 1 N–H and O–H groups in total. The minimum atomic E-state index is -4.06. The van der Waals surface area contributed by atoms with Crippen molar-refractivity contribution in [2.24, 2.45) is 0 Å². The van der Waals surface area contributed by atoms with Gasteiger partial charge in [-0.2, -0.15) is 4.31 Å². The Bertz CT molecular complexity index is 1000. The largest absolute Gasteiger partial charge is 0.379 e. The number of halogens is 2. The van der Waals surface area contributed by atoms with Gasteiger partial charge in [-0.15, -0.1) is 0 Å². The van der Waals surface area contributed by atoms with Gasteiger partial charge in [0.15, 0.2) is 0 Å². The molecule has 1 saturated heterocycles. The first-order valence-electron chi connectivity index (χ1n) is 9.07. The molecule has 156 valence electrons. The van der Waals surface area contributed by atoms with Crippen molar-refractivity contribution in [1.29, 1.82) is 0 Å². The molecule has 0 atom stereocenters. The maximum absolute atomic E-state index is 14.3. The number of hydrogen-bond donors (Lipinski definition) is 1. The Morgan fingerprint density at radius 3 is 2.31 bits per heavy atom. The van der Waals surface area contributed by atoms with Crippen molar-refractivity contribution in [3.63, 3.8) is 0 Å². The second-order valence-corrected chi connectivity index (χ2v) is 9.15. The van der Waals surface area contributed by atoms with E-state index in [1.165, 1.54) is 30.3 Å². The molecule has 1 aliphatic rings. The molecule has 1 aliphatic heterocycles. The highest BCUT2D eigenvalue weighted by Crippen LogP contribution is 2.28. The second-order valence-electron chi connectivity index (χ2n) is 7.25. The van der Waals surface area contributed by atoms with Gasteiger partial charge in [0, 0.05) is 18.8 Å². The van der Waals surface area contributed by atoms with Gasteiger partial charge in [0.2, 0.25) is 15.9 Å². The van der Waals surface area contributed by atoms with Crippen molar-refractivity contribution in [1.82, 2.24) is 4.31 Å². The number of nitrogens with zero attached hydrogens (tertiary/aromatic N) is 1. The molecule has 0 bridgehead atoms. The quantitative estimate of drug-likeness (QED) is 0.801. The van der Waals surface area contributed by atoms with Gasteiger partial charge in [-0.05, 0) is 49.7 Å². The SMILES string of the molecule is CC(C)(C(=O)Nc1ccc(F)c(S(=O)(=O)N2CCOCC2)c1)c1ccc(F)cc1. The van der Waals surface area contributed by atoms with Crippen LogP contribution in [0.1, 0.15) is 19.4 Å². The number of hydrogen-bond acceptors (Lipinski definition) is 4. The first-order chi connectivity index (χ1) is 13.6. The summed E-state index contributed by atoms with van der Waals surface area (Å²) in [4.78, 5) is 12.3. The van der Waals surface area contributed by atoms with Crippen LogP contribution in [-0.2, 0) is 25.0 Å². The van der Waals surface area contributed by atoms with Crippen LogP contribution in [0.2, 0.25) is 0 Å².